The van der Waals surface area contributed by atoms with E-state index in [1.807, 2.05) is 37.4 Å². The van der Waals surface area contributed by atoms with E-state index in [0.717, 1.165) is 22.6 Å². The van der Waals surface area contributed by atoms with Crippen molar-refractivity contribution in [1.82, 2.24) is 24.8 Å². The van der Waals surface area contributed by atoms with E-state index >= 15 is 0 Å². The van der Waals surface area contributed by atoms with Gasteiger partial charge in [-0.3, -0.25) is 5.10 Å². The minimum absolute atomic E-state index is 0.652. The van der Waals surface area contributed by atoms with Gasteiger partial charge in [0.1, 0.15) is 5.82 Å². The topological polar surface area (TPSA) is 71.8 Å². The van der Waals surface area contributed by atoms with Crippen LogP contribution < -0.4 is 0 Å². The molecular weight excluding hydrogens is 264 g/mol. The summed E-state index contributed by atoms with van der Waals surface area (Å²) in [4.78, 5) is 8.81. The van der Waals surface area contributed by atoms with Crippen molar-refractivity contribution < 1.29 is 0 Å². The van der Waals surface area contributed by atoms with Crippen LogP contribution in [0.25, 0.3) is 28.7 Å². The second-order valence-electron chi connectivity index (χ2n) is 4.50. The highest BCUT2D eigenvalue weighted by Crippen LogP contribution is 2.24. The van der Waals surface area contributed by atoms with Gasteiger partial charge in [-0.05, 0) is 19.1 Å². The van der Waals surface area contributed by atoms with Crippen LogP contribution in [0, 0.1) is 6.92 Å². The van der Waals surface area contributed by atoms with Crippen molar-refractivity contribution in [3.05, 3.63) is 48.7 Å². The van der Waals surface area contributed by atoms with Crippen LogP contribution in [-0.4, -0.2) is 31.6 Å². The van der Waals surface area contributed by atoms with Crippen molar-refractivity contribution in [3.63, 3.8) is 0 Å². The van der Waals surface area contributed by atoms with Crippen molar-refractivity contribution in [1.29, 1.82) is 0 Å². The number of H-pyrrole nitrogens is 1. The van der Waals surface area contributed by atoms with Crippen LogP contribution >= 0.6 is 0 Å². The van der Waals surface area contributed by atoms with E-state index in [2.05, 4.69) is 38.6 Å². The molecule has 3 aromatic rings. The van der Waals surface area contributed by atoms with Gasteiger partial charge in [0.05, 0.1) is 11.9 Å². The summed E-state index contributed by atoms with van der Waals surface area (Å²) in [5, 5.41) is 10.9. The molecule has 104 valence electrons. The van der Waals surface area contributed by atoms with E-state index in [-0.39, 0.29) is 0 Å². The molecule has 1 aromatic carbocycles. The second kappa shape index (κ2) is 5.16. The number of imidazole rings is 1. The summed E-state index contributed by atoms with van der Waals surface area (Å²) < 4.78 is 1.59. The summed E-state index contributed by atoms with van der Waals surface area (Å²) in [6.07, 6.45) is 3.45. The van der Waals surface area contributed by atoms with Gasteiger partial charge >= 0.3 is 0 Å². The van der Waals surface area contributed by atoms with Gasteiger partial charge in [-0.15, -0.1) is 0 Å². The third kappa shape index (κ3) is 2.38. The smallest absolute Gasteiger partial charge is 0.181 e. The van der Waals surface area contributed by atoms with Crippen LogP contribution in [0.2, 0.25) is 0 Å². The molecule has 0 radical (unpaired) electrons. The van der Waals surface area contributed by atoms with E-state index in [1.165, 1.54) is 0 Å². The molecule has 21 heavy (non-hydrogen) atoms. The highest BCUT2D eigenvalue weighted by molar-refractivity contribution is 5.68. The number of rotatable bonds is 4. The third-order valence-corrected chi connectivity index (χ3v) is 3.06. The quantitative estimate of drug-likeness (QED) is 0.746. The van der Waals surface area contributed by atoms with E-state index in [0.29, 0.717) is 11.6 Å². The number of aromatic amines is 1. The Bertz CT molecular complexity index is 786. The fourth-order valence-electron chi connectivity index (χ4n) is 2.07. The van der Waals surface area contributed by atoms with E-state index < -0.39 is 0 Å². The molecule has 1 N–H and O–H groups in total. The molecule has 0 atom stereocenters. The Morgan fingerprint density at radius 2 is 2.10 bits per heavy atom. The minimum atomic E-state index is 0.652. The molecule has 6 heteroatoms. The van der Waals surface area contributed by atoms with Crippen LogP contribution in [0.15, 0.2) is 42.1 Å². The first kappa shape index (κ1) is 13.0. The Morgan fingerprint density at radius 3 is 2.71 bits per heavy atom. The molecule has 0 amide bonds. The first-order chi connectivity index (χ1) is 10.2. The number of nitrogens with one attached hydrogen (secondary N) is 1. The highest BCUT2D eigenvalue weighted by Gasteiger charge is 2.09. The normalized spacial score (nSPS) is 10.5. The van der Waals surface area contributed by atoms with Gasteiger partial charge in [0, 0.05) is 17.8 Å². The molecule has 0 aliphatic heterocycles. The fraction of sp³-hybridized carbons (Fsp3) is 0.0667. The molecule has 0 saturated heterocycles. The number of aryl methyl sites for hydroxylation is 1. The maximum absolute atomic E-state index is 4.47. The minimum Gasteiger partial charge on any atom is -0.263 e. The Morgan fingerprint density at radius 1 is 1.29 bits per heavy atom. The highest BCUT2D eigenvalue weighted by atomic mass is 15.4. The number of benzene rings is 1. The predicted octanol–water partition coefficient (Wildman–Crippen LogP) is 2.75. The molecule has 3 rings (SSSR count). The summed E-state index contributed by atoms with van der Waals surface area (Å²) in [5.41, 5.74) is 2.69. The average Bonchev–Trinajstić information content (AvgIpc) is 3.13. The fourth-order valence-corrected chi connectivity index (χ4v) is 2.07. The lowest BCUT2D eigenvalue weighted by Crippen LogP contribution is -1.87. The first-order valence-electron chi connectivity index (χ1n) is 6.40. The van der Waals surface area contributed by atoms with Crippen molar-refractivity contribution in [2.45, 2.75) is 6.92 Å². The predicted molar refractivity (Wildman–Crippen MR) is 82.8 cm³/mol. The Kier molecular flexibility index (Phi) is 3.19. The summed E-state index contributed by atoms with van der Waals surface area (Å²) in [6.45, 7) is 9.10. The Labute approximate surface area is 121 Å². The average molecular weight is 278 g/mol. The number of hydrogen-bond donors (Lipinski definition) is 1. The van der Waals surface area contributed by atoms with Crippen molar-refractivity contribution >= 4 is 12.8 Å². The zero-order valence-electron chi connectivity index (χ0n) is 11.6. The van der Waals surface area contributed by atoms with Gasteiger partial charge in [0.25, 0.3) is 0 Å². The molecule has 0 bridgehead atoms. The number of aromatic nitrogens is 5. The summed E-state index contributed by atoms with van der Waals surface area (Å²) >= 11 is 0. The summed E-state index contributed by atoms with van der Waals surface area (Å²) in [5.74, 6) is 2.10. The molecule has 2 aromatic heterocycles. The lowest BCUT2D eigenvalue weighted by Gasteiger charge is -1.99. The van der Waals surface area contributed by atoms with E-state index in [1.54, 1.807) is 10.8 Å². The molecule has 2 heterocycles. The van der Waals surface area contributed by atoms with Gasteiger partial charge < -0.3 is 0 Å². The standard InChI is InChI=1S/C15H14N6/c1-4-14-18-13(9-21(14)16-3)11-6-5-7-12(8-11)15-17-10(2)19-20-15/h4-9H,1,3H2,2H3,(H,17,19,20). The van der Waals surface area contributed by atoms with Crippen molar-refractivity contribution in [2.24, 2.45) is 5.10 Å². The summed E-state index contributed by atoms with van der Waals surface area (Å²) in [6, 6.07) is 7.88. The monoisotopic (exact) mass is 278 g/mol. The van der Waals surface area contributed by atoms with Crippen LogP contribution in [0.5, 0.6) is 0 Å². The van der Waals surface area contributed by atoms with Crippen LogP contribution in [-0.2, 0) is 0 Å². The molecule has 0 spiro atoms. The van der Waals surface area contributed by atoms with Crippen molar-refractivity contribution in [2.75, 3.05) is 0 Å². The zero-order chi connectivity index (χ0) is 14.8. The molecule has 6 nitrogen and oxygen atoms in total. The van der Waals surface area contributed by atoms with Crippen molar-refractivity contribution in [3.8, 4) is 22.6 Å². The van der Waals surface area contributed by atoms with Crippen LogP contribution in [0.1, 0.15) is 11.6 Å². The molecule has 0 saturated carbocycles. The second-order valence-corrected chi connectivity index (χ2v) is 4.50. The zero-order valence-corrected chi connectivity index (χ0v) is 11.6. The molecule has 0 aliphatic rings. The van der Waals surface area contributed by atoms with E-state index in [4.69, 9.17) is 0 Å². The maximum Gasteiger partial charge on any atom is 0.181 e. The lowest BCUT2D eigenvalue weighted by atomic mass is 10.1. The van der Waals surface area contributed by atoms with E-state index in [9.17, 15) is 0 Å². The van der Waals surface area contributed by atoms with Crippen LogP contribution in [0.4, 0.5) is 0 Å². The SMILES string of the molecule is C=Cc1nc(-c2cccc(-c3n[nH]c(C)n3)c2)cn1N=C. The molecular formula is C15H14N6. The number of nitrogens with zero attached hydrogens (tertiary/aromatic N) is 5. The molecule has 0 unspecified atom stereocenters. The Hall–Kier alpha value is -3.02. The first-order valence-corrected chi connectivity index (χ1v) is 6.40. The van der Waals surface area contributed by atoms with Gasteiger partial charge in [0.15, 0.2) is 11.6 Å². The van der Waals surface area contributed by atoms with Gasteiger partial charge in [0.2, 0.25) is 0 Å². The maximum atomic E-state index is 4.47. The lowest BCUT2D eigenvalue weighted by molar-refractivity contribution is 0.872. The number of hydrogen-bond acceptors (Lipinski definition) is 4. The molecule has 0 fully saturated rings. The van der Waals surface area contributed by atoms with Crippen LogP contribution in [0.3, 0.4) is 0 Å². The summed E-state index contributed by atoms with van der Waals surface area (Å²) in [7, 11) is 0. The van der Waals surface area contributed by atoms with Gasteiger partial charge in [-0.25, -0.2) is 14.6 Å². The van der Waals surface area contributed by atoms with Gasteiger partial charge in [-0.1, -0.05) is 24.8 Å². The largest absolute Gasteiger partial charge is 0.263 e. The Balaban J connectivity index is 2.05. The third-order valence-electron chi connectivity index (χ3n) is 3.06. The van der Waals surface area contributed by atoms with Gasteiger partial charge in [-0.2, -0.15) is 10.2 Å². The molecule has 0 aliphatic carbocycles.